The molecule has 0 aromatic carbocycles. The Morgan fingerprint density at radius 1 is 1.44 bits per heavy atom. The molecule has 0 saturated carbocycles. The lowest BCUT2D eigenvalue weighted by Gasteiger charge is -2.26. The summed E-state index contributed by atoms with van der Waals surface area (Å²) in [5.74, 6) is 0.803. The zero-order chi connectivity index (χ0) is 11.2. The van der Waals surface area contributed by atoms with Crippen LogP contribution in [0.1, 0.15) is 38.5 Å². The molecule has 0 radical (unpaired) electrons. The van der Waals surface area contributed by atoms with Crippen LogP contribution in [0.2, 0.25) is 0 Å². The summed E-state index contributed by atoms with van der Waals surface area (Å²) in [7, 11) is 0. The van der Waals surface area contributed by atoms with Crippen molar-refractivity contribution < 1.29 is 4.79 Å². The number of carbonyl (C=O) groups is 1. The summed E-state index contributed by atoms with van der Waals surface area (Å²) in [6.45, 7) is 2.85. The molecule has 0 aromatic heterocycles. The Labute approximate surface area is 97.7 Å². The lowest BCUT2D eigenvalue weighted by atomic mass is 9.97. The molecule has 16 heavy (non-hydrogen) atoms. The maximum Gasteiger partial charge on any atom is 0.220 e. The minimum Gasteiger partial charge on any atom is -0.356 e. The third kappa shape index (κ3) is 3.63. The predicted octanol–water partition coefficient (Wildman–Crippen LogP) is 1.60. The van der Waals surface area contributed by atoms with Crippen LogP contribution in [0.4, 0.5) is 0 Å². The molecule has 2 aliphatic rings. The van der Waals surface area contributed by atoms with Crippen LogP contribution in [-0.4, -0.2) is 25.5 Å². The van der Waals surface area contributed by atoms with E-state index in [1.165, 1.54) is 31.3 Å². The van der Waals surface area contributed by atoms with Crippen LogP contribution in [0, 0.1) is 5.92 Å². The average molecular weight is 222 g/mol. The van der Waals surface area contributed by atoms with Gasteiger partial charge in [0.1, 0.15) is 0 Å². The van der Waals surface area contributed by atoms with E-state index in [0.717, 1.165) is 26.1 Å². The maximum atomic E-state index is 11.5. The van der Waals surface area contributed by atoms with E-state index in [1.807, 2.05) is 0 Å². The smallest absolute Gasteiger partial charge is 0.220 e. The molecule has 3 heteroatoms. The number of hydrogen-bond donors (Lipinski definition) is 2. The molecule has 2 N–H and O–H groups in total. The van der Waals surface area contributed by atoms with E-state index < -0.39 is 0 Å². The first kappa shape index (κ1) is 11.6. The van der Waals surface area contributed by atoms with Crippen LogP contribution >= 0.6 is 0 Å². The Morgan fingerprint density at radius 2 is 2.31 bits per heavy atom. The van der Waals surface area contributed by atoms with E-state index >= 15 is 0 Å². The molecule has 0 aromatic rings. The Morgan fingerprint density at radius 3 is 2.94 bits per heavy atom. The van der Waals surface area contributed by atoms with Gasteiger partial charge in [-0.15, -0.1) is 0 Å². The molecule has 2 rings (SSSR count). The molecule has 1 aliphatic heterocycles. The molecule has 0 spiro atoms. The minimum absolute atomic E-state index is 0.225. The van der Waals surface area contributed by atoms with E-state index in [4.69, 9.17) is 0 Å². The Balaban J connectivity index is 1.56. The summed E-state index contributed by atoms with van der Waals surface area (Å²) in [6, 6.07) is 0. The maximum absolute atomic E-state index is 11.5. The van der Waals surface area contributed by atoms with E-state index in [-0.39, 0.29) is 5.91 Å². The highest BCUT2D eigenvalue weighted by Crippen LogP contribution is 2.19. The molecule has 0 atom stereocenters. The molecule has 1 aliphatic carbocycles. The molecule has 3 nitrogen and oxygen atoms in total. The highest BCUT2D eigenvalue weighted by atomic mass is 16.1. The fourth-order valence-corrected chi connectivity index (χ4v) is 2.32. The van der Waals surface area contributed by atoms with Gasteiger partial charge in [-0.25, -0.2) is 0 Å². The Hall–Kier alpha value is -0.830. The van der Waals surface area contributed by atoms with Gasteiger partial charge in [-0.1, -0.05) is 11.6 Å². The number of allylic oxidation sites excluding steroid dienone is 1. The van der Waals surface area contributed by atoms with Crippen LogP contribution in [-0.2, 0) is 4.79 Å². The average Bonchev–Trinajstić information content (AvgIpc) is 2.25. The molecule has 90 valence electrons. The quantitative estimate of drug-likeness (QED) is 0.694. The minimum atomic E-state index is 0.225. The van der Waals surface area contributed by atoms with Crippen molar-refractivity contribution in [2.24, 2.45) is 5.92 Å². The zero-order valence-electron chi connectivity index (χ0n) is 9.93. The van der Waals surface area contributed by atoms with Gasteiger partial charge in [-0.3, -0.25) is 4.79 Å². The first-order chi connectivity index (χ1) is 7.84. The summed E-state index contributed by atoms with van der Waals surface area (Å²) in [6.07, 6.45) is 9.24. The zero-order valence-corrected chi connectivity index (χ0v) is 9.93. The number of carbonyl (C=O) groups excluding carboxylic acids is 1. The predicted molar refractivity (Wildman–Crippen MR) is 65.2 cm³/mol. The summed E-state index contributed by atoms with van der Waals surface area (Å²) in [4.78, 5) is 11.5. The number of rotatable bonds is 5. The van der Waals surface area contributed by atoms with Crippen LogP contribution in [0.5, 0.6) is 0 Å². The number of amides is 1. The standard InChI is InChI=1S/C13H22N2O/c16-13(8-12-9-14-10-12)15-7-6-11-4-2-1-3-5-11/h4,12,14H,1-3,5-10H2,(H,15,16). The van der Waals surface area contributed by atoms with Crippen molar-refractivity contribution >= 4 is 5.91 Å². The SMILES string of the molecule is O=C(CC1CNC1)NCCC1=CCCCC1. The second kappa shape index (κ2) is 6.04. The lowest BCUT2D eigenvalue weighted by molar-refractivity contribution is -0.122. The van der Waals surface area contributed by atoms with Crippen LogP contribution in [0.3, 0.4) is 0 Å². The Kier molecular flexibility index (Phi) is 4.40. The van der Waals surface area contributed by atoms with Crippen LogP contribution in [0.25, 0.3) is 0 Å². The van der Waals surface area contributed by atoms with Crippen molar-refractivity contribution in [1.82, 2.24) is 10.6 Å². The summed E-state index contributed by atoms with van der Waals surface area (Å²) < 4.78 is 0. The van der Waals surface area contributed by atoms with Crippen LogP contribution in [0.15, 0.2) is 11.6 Å². The largest absolute Gasteiger partial charge is 0.356 e. The van der Waals surface area contributed by atoms with E-state index in [1.54, 1.807) is 0 Å². The molecular formula is C13H22N2O. The second-order valence-corrected chi connectivity index (χ2v) is 4.94. The summed E-state index contributed by atoms with van der Waals surface area (Å²) in [5, 5.41) is 6.21. The van der Waals surface area contributed by atoms with Gasteiger partial charge in [-0.05, 0) is 51.1 Å². The topological polar surface area (TPSA) is 41.1 Å². The van der Waals surface area contributed by atoms with Gasteiger partial charge in [0.2, 0.25) is 5.91 Å². The van der Waals surface area contributed by atoms with Gasteiger partial charge >= 0.3 is 0 Å². The van der Waals surface area contributed by atoms with Crippen LogP contribution < -0.4 is 10.6 Å². The van der Waals surface area contributed by atoms with Gasteiger partial charge in [0.05, 0.1) is 0 Å². The molecule has 1 amide bonds. The molecule has 0 unspecified atom stereocenters. The number of nitrogens with one attached hydrogen (secondary N) is 2. The molecule has 1 fully saturated rings. The van der Waals surface area contributed by atoms with E-state index in [2.05, 4.69) is 16.7 Å². The third-order valence-corrected chi connectivity index (χ3v) is 3.49. The normalized spacial score (nSPS) is 21.1. The van der Waals surface area contributed by atoms with Gasteiger partial charge in [0.25, 0.3) is 0 Å². The van der Waals surface area contributed by atoms with Gasteiger partial charge in [-0.2, -0.15) is 0 Å². The lowest BCUT2D eigenvalue weighted by Crippen LogP contribution is -2.44. The summed E-state index contributed by atoms with van der Waals surface area (Å²) in [5.41, 5.74) is 1.54. The van der Waals surface area contributed by atoms with E-state index in [9.17, 15) is 4.79 Å². The van der Waals surface area contributed by atoms with Crippen molar-refractivity contribution in [3.63, 3.8) is 0 Å². The van der Waals surface area contributed by atoms with Gasteiger partial charge < -0.3 is 10.6 Å². The summed E-state index contributed by atoms with van der Waals surface area (Å²) >= 11 is 0. The Bertz CT molecular complexity index is 269. The van der Waals surface area contributed by atoms with Crippen molar-refractivity contribution in [2.45, 2.75) is 38.5 Å². The van der Waals surface area contributed by atoms with Crippen molar-refractivity contribution in [1.29, 1.82) is 0 Å². The third-order valence-electron chi connectivity index (χ3n) is 3.49. The van der Waals surface area contributed by atoms with Crippen molar-refractivity contribution in [2.75, 3.05) is 19.6 Å². The fourth-order valence-electron chi connectivity index (χ4n) is 2.32. The molecular weight excluding hydrogens is 200 g/mol. The highest BCUT2D eigenvalue weighted by Gasteiger charge is 2.19. The van der Waals surface area contributed by atoms with Crippen molar-refractivity contribution in [3.05, 3.63) is 11.6 Å². The monoisotopic (exact) mass is 222 g/mol. The van der Waals surface area contributed by atoms with Gasteiger partial charge in [0.15, 0.2) is 0 Å². The molecule has 1 heterocycles. The van der Waals surface area contributed by atoms with E-state index in [0.29, 0.717) is 12.3 Å². The van der Waals surface area contributed by atoms with Gasteiger partial charge in [0, 0.05) is 13.0 Å². The highest BCUT2D eigenvalue weighted by molar-refractivity contribution is 5.76. The fraction of sp³-hybridized carbons (Fsp3) is 0.769. The second-order valence-electron chi connectivity index (χ2n) is 4.94. The molecule has 0 bridgehead atoms. The van der Waals surface area contributed by atoms with Crippen molar-refractivity contribution in [3.8, 4) is 0 Å². The first-order valence-corrected chi connectivity index (χ1v) is 6.50. The number of hydrogen-bond acceptors (Lipinski definition) is 2. The molecule has 1 saturated heterocycles. The first-order valence-electron chi connectivity index (χ1n) is 6.50.